The quantitative estimate of drug-likeness (QED) is 0.762. The highest BCUT2D eigenvalue weighted by Gasteiger charge is 2.37. The van der Waals surface area contributed by atoms with Crippen molar-refractivity contribution in [3.63, 3.8) is 0 Å². The zero-order valence-electron chi connectivity index (χ0n) is 16.9. The number of nitrogens with zero attached hydrogens (tertiary/aromatic N) is 2. The third-order valence-corrected chi connectivity index (χ3v) is 5.75. The van der Waals surface area contributed by atoms with Crippen molar-refractivity contribution in [3.05, 3.63) is 34.9 Å². The molecule has 0 amide bonds. The van der Waals surface area contributed by atoms with Gasteiger partial charge >= 0.3 is 0 Å². The fourth-order valence-electron chi connectivity index (χ4n) is 3.89. The van der Waals surface area contributed by atoms with Crippen LogP contribution in [0.5, 0.6) is 0 Å². The Balaban J connectivity index is 1.58. The summed E-state index contributed by atoms with van der Waals surface area (Å²) in [5.74, 6) is 1.93. The van der Waals surface area contributed by atoms with Gasteiger partial charge in [-0.25, -0.2) is 0 Å². The molecule has 2 heterocycles. The molecule has 138 valence electrons. The number of nitrogens with one attached hydrogen (secondary N) is 2. The fraction of sp³-hybridized carbons (Fsp3) is 0.714. The first kappa shape index (κ1) is 18.2. The van der Waals surface area contributed by atoms with Gasteiger partial charge in [0.1, 0.15) is 0 Å². The van der Waals surface area contributed by atoms with Crippen LogP contribution in [0.1, 0.15) is 102 Å². The molecule has 0 saturated heterocycles. The summed E-state index contributed by atoms with van der Waals surface area (Å²) in [4.78, 5) is 0. The number of aromatic nitrogens is 4. The van der Waals surface area contributed by atoms with Gasteiger partial charge in [-0.1, -0.05) is 48.5 Å². The molecule has 4 nitrogen and oxygen atoms in total. The summed E-state index contributed by atoms with van der Waals surface area (Å²) in [5.41, 5.74) is 5.18. The van der Waals surface area contributed by atoms with Crippen molar-refractivity contribution in [1.82, 2.24) is 20.4 Å². The lowest BCUT2D eigenvalue weighted by Crippen LogP contribution is -2.30. The first-order valence-corrected chi connectivity index (χ1v) is 9.68. The standard InChI is InChI=1S/C21H34N4/c1-13(2)16-10-19(25-22-16)21(6,7)12-14-8-15(9-14)17-11-18(24-23-17)20(3,4)5/h10-11,13-15H,8-9,12H2,1-7H3,(H,22,25)(H,23,24). The molecule has 0 spiro atoms. The number of H-pyrrole nitrogens is 2. The summed E-state index contributed by atoms with van der Waals surface area (Å²) in [7, 11) is 0. The molecule has 2 aromatic heterocycles. The van der Waals surface area contributed by atoms with Gasteiger partial charge in [0.25, 0.3) is 0 Å². The summed E-state index contributed by atoms with van der Waals surface area (Å²) in [6.07, 6.45) is 3.72. The van der Waals surface area contributed by atoms with E-state index in [2.05, 4.69) is 81.0 Å². The Morgan fingerprint density at radius 3 is 2.16 bits per heavy atom. The van der Waals surface area contributed by atoms with Gasteiger partial charge in [-0.3, -0.25) is 10.2 Å². The predicted octanol–water partition coefficient (Wildman–Crippen LogP) is 5.42. The smallest absolute Gasteiger partial charge is 0.0681 e. The molecule has 1 aliphatic rings. The SMILES string of the molecule is CC(C)c1cc(C(C)(C)CC2CC(c3cc(C(C)(C)C)n[nH]3)C2)n[nH]1. The van der Waals surface area contributed by atoms with Crippen molar-refractivity contribution in [2.45, 2.75) is 90.4 Å². The van der Waals surface area contributed by atoms with Gasteiger partial charge in [0.2, 0.25) is 0 Å². The van der Waals surface area contributed by atoms with Crippen LogP contribution in [0.15, 0.2) is 12.1 Å². The van der Waals surface area contributed by atoms with E-state index < -0.39 is 0 Å². The molecule has 2 aromatic rings. The van der Waals surface area contributed by atoms with Gasteiger partial charge in [-0.15, -0.1) is 0 Å². The highest BCUT2D eigenvalue weighted by Crippen LogP contribution is 2.47. The van der Waals surface area contributed by atoms with Gasteiger partial charge in [0, 0.05) is 28.1 Å². The van der Waals surface area contributed by atoms with E-state index in [0.717, 1.165) is 5.92 Å². The Morgan fingerprint density at radius 1 is 1.00 bits per heavy atom. The van der Waals surface area contributed by atoms with Crippen LogP contribution in [-0.4, -0.2) is 20.4 Å². The molecule has 25 heavy (non-hydrogen) atoms. The number of aromatic amines is 2. The monoisotopic (exact) mass is 342 g/mol. The van der Waals surface area contributed by atoms with Crippen LogP contribution >= 0.6 is 0 Å². The fourth-order valence-corrected chi connectivity index (χ4v) is 3.89. The second kappa shape index (κ2) is 6.30. The van der Waals surface area contributed by atoms with E-state index in [9.17, 15) is 0 Å². The van der Waals surface area contributed by atoms with Crippen LogP contribution in [0, 0.1) is 5.92 Å². The van der Waals surface area contributed by atoms with E-state index in [0.29, 0.717) is 11.8 Å². The molecule has 2 N–H and O–H groups in total. The first-order valence-electron chi connectivity index (χ1n) is 9.68. The molecule has 0 bridgehead atoms. The van der Waals surface area contributed by atoms with Crippen molar-refractivity contribution in [2.75, 3.05) is 0 Å². The Labute approximate surface area is 152 Å². The lowest BCUT2D eigenvalue weighted by Gasteiger charge is -2.39. The highest BCUT2D eigenvalue weighted by molar-refractivity contribution is 5.23. The maximum atomic E-state index is 4.59. The lowest BCUT2D eigenvalue weighted by atomic mass is 9.66. The van der Waals surface area contributed by atoms with Crippen LogP contribution in [0.3, 0.4) is 0 Å². The maximum Gasteiger partial charge on any atom is 0.0681 e. The minimum Gasteiger partial charge on any atom is -0.282 e. The molecule has 0 atom stereocenters. The van der Waals surface area contributed by atoms with Crippen molar-refractivity contribution in [2.24, 2.45) is 5.92 Å². The number of hydrogen-bond acceptors (Lipinski definition) is 2. The minimum atomic E-state index is 0.119. The number of hydrogen-bond donors (Lipinski definition) is 2. The average Bonchev–Trinajstić information content (AvgIpc) is 3.10. The summed E-state index contributed by atoms with van der Waals surface area (Å²) in [6.45, 7) is 15.7. The lowest BCUT2D eigenvalue weighted by molar-refractivity contribution is 0.202. The molecule has 4 heteroatoms. The zero-order chi connectivity index (χ0) is 18.4. The molecule has 1 fully saturated rings. The zero-order valence-corrected chi connectivity index (χ0v) is 16.9. The van der Waals surface area contributed by atoms with Gasteiger partial charge in [-0.2, -0.15) is 10.2 Å². The van der Waals surface area contributed by atoms with E-state index in [1.54, 1.807) is 0 Å². The normalized spacial score (nSPS) is 21.6. The third kappa shape index (κ3) is 3.83. The second-order valence-corrected chi connectivity index (χ2v) is 9.94. The van der Waals surface area contributed by atoms with Gasteiger partial charge < -0.3 is 0 Å². The molecular weight excluding hydrogens is 308 g/mol. The molecule has 0 aromatic carbocycles. The largest absolute Gasteiger partial charge is 0.282 e. The first-order chi connectivity index (χ1) is 11.6. The summed E-state index contributed by atoms with van der Waals surface area (Å²) < 4.78 is 0. The Hall–Kier alpha value is -1.58. The van der Waals surface area contributed by atoms with Crippen LogP contribution in [-0.2, 0) is 10.8 Å². The second-order valence-electron chi connectivity index (χ2n) is 9.94. The third-order valence-electron chi connectivity index (χ3n) is 5.75. The van der Waals surface area contributed by atoms with Crippen LogP contribution in [0.2, 0.25) is 0 Å². The molecule has 1 saturated carbocycles. The van der Waals surface area contributed by atoms with E-state index >= 15 is 0 Å². The Morgan fingerprint density at radius 2 is 1.64 bits per heavy atom. The van der Waals surface area contributed by atoms with Gasteiger partial charge in [0.05, 0.1) is 11.4 Å². The van der Waals surface area contributed by atoms with E-state index in [-0.39, 0.29) is 10.8 Å². The average molecular weight is 343 g/mol. The minimum absolute atomic E-state index is 0.119. The summed E-state index contributed by atoms with van der Waals surface area (Å²) >= 11 is 0. The van der Waals surface area contributed by atoms with Crippen molar-refractivity contribution >= 4 is 0 Å². The molecule has 1 aliphatic carbocycles. The van der Waals surface area contributed by atoms with Crippen LogP contribution in [0.4, 0.5) is 0 Å². The molecule has 0 radical (unpaired) electrons. The van der Waals surface area contributed by atoms with Crippen LogP contribution < -0.4 is 0 Å². The van der Waals surface area contributed by atoms with Gasteiger partial charge in [0.15, 0.2) is 0 Å². The molecular formula is C21H34N4. The molecule has 3 rings (SSSR count). The maximum absolute atomic E-state index is 4.59. The Bertz CT molecular complexity index is 708. The van der Waals surface area contributed by atoms with Crippen molar-refractivity contribution in [1.29, 1.82) is 0 Å². The van der Waals surface area contributed by atoms with E-state index in [4.69, 9.17) is 0 Å². The predicted molar refractivity (Wildman–Crippen MR) is 103 cm³/mol. The van der Waals surface area contributed by atoms with Crippen molar-refractivity contribution < 1.29 is 0 Å². The molecule has 0 unspecified atom stereocenters. The van der Waals surface area contributed by atoms with Crippen LogP contribution in [0.25, 0.3) is 0 Å². The van der Waals surface area contributed by atoms with E-state index in [1.165, 1.54) is 42.0 Å². The van der Waals surface area contributed by atoms with E-state index in [1.807, 2.05) is 0 Å². The number of rotatable bonds is 5. The summed E-state index contributed by atoms with van der Waals surface area (Å²) in [6, 6.07) is 4.53. The summed E-state index contributed by atoms with van der Waals surface area (Å²) in [5, 5.41) is 15.6. The highest BCUT2D eigenvalue weighted by atomic mass is 15.1. The topological polar surface area (TPSA) is 57.4 Å². The van der Waals surface area contributed by atoms with Crippen molar-refractivity contribution in [3.8, 4) is 0 Å². The molecule has 0 aliphatic heterocycles. The Kier molecular flexibility index (Phi) is 4.59. The van der Waals surface area contributed by atoms with Gasteiger partial charge in [-0.05, 0) is 43.2 Å².